The van der Waals surface area contributed by atoms with E-state index >= 15 is 0 Å². The molecule has 0 aromatic carbocycles. The summed E-state index contributed by atoms with van der Waals surface area (Å²) in [6.07, 6.45) is 4.04. The molecule has 9 heteroatoms. The largest absolute Gasteiger partial charge is 0.408 e. The quantitative estimate of drug-likeness (QED) is 0.777. The lowest BCUT2D eigenvalue weighted by Gasteiger charge is -2.20. The van der Waals surface area contributed by atoms with Gasteiger partial charge in [0.25, 0.3) is 0 Å². The summed E-state index contributed by atoms with van der Waals surface area (Å²) < 4.78 is 39.8. The van der Waals surface area contributed by atoms with Crippen LogP contribution in [0, 0.1) is 0 Å². The molecule has 0 aliphatic heterocycles. The number of anilines is 1. The predicted molar refractivity (Wildman–Crippen MR) is 89.6 cm³/mol. The van der Waals surface area contributed by atoms with Gasteiger partial charge in [0.15, 0.2) is 5.65 Å². The van der Waals surface area contributed by atoms with Gasteiger partial charge in [-0.1, -0.05) is 6.08 Å². The zero-order chi connectivity index (χ0) is 18.3. The molecule has 3 heterocycles. The number of hydrogen-bond donors (Lipinski definition) is 1. The highest BCUT2D eigenvalue weighted by molar-refractivity contribution is 5.80. The Morgan fingerprint density at radius 2 is 2.08 bits per heavy atom. The Hall–Kier alpha value is -2.97. The molecule has 0 bridgehead atoms. The van der Waals surface area contributed by atoms with Crippen LogP contribution in [0.1, 0.15) is 30.3 Å². The molecule has 4 rings (SSSR count). The number of halogens is 3. The zero-order valence-corrected chi connectivity index (χ0v) is 13.8. The highest BCUT2D eigenvalue weighted by Crippen LogP contribution is 2.30. The van der Waals surface area contributed by atoms with E-state index in [2.05, 4.69) is 25.4 Å². The second-order valence-electron chi connectivity index (χ2n) is 6.07. The van der Waals surface area contributed by atoms with Gasteiger partial charge in [-0.05, 0) is 31.9 Å². The first-order valence-electron chi connectivity index (χ1n) is 8.12. The summed E-state index contributed by atoms with van der Waals surface area (Å²) in [6.45, 7) is 1.04. The van der Waals surface area contributed by atoms with Crippen molar-refractivity contribution in [3.8, 4) is 0 Å². The highest BCUT2D eigenvalue weighted by Gasteiger charge is 2.36. The molecule has 0 spiro atoms. The first kappa shape index (κ1) is 16.5. The fourth-order valence-corrected chi connectivity index (χ4v) is 2.84. The van der Waals surface area contributed by atoms with Crippen LogP contribution >= 0.6 is 0 Å². The van der Waals surface area contributed by atoms with Crippen molar-refractivity contribution in [2.45, 2.75) is 32.0 Å². The van der Waals surface area contributed by atoms with Crippen molar-refractivity contribution < 1.29 is 13.2 Å². The molecule has 6 nitrogen and oxygen atoms in total. The van der Waals surface area contributed by atoms with Crippen LogP contribution in [0.5, 0.6) is 0 Å². The van der Waals surface area contributed by atoms with Crippen LogP contribution in [-0.4, -0.2) is 36.8 Å². The van der Waals surface area contributed by atoms with Crippen LogP contribution < -0.4 is 5.32 Å². The summed E-state index contributed by atoms with van der Waals surface area (Å²) in [4.78, 5) is 12.5. The van der Waals surface area contributed by atoms with E-state index in [0.717, 1.165) is 35.8 Å². The molecule has 3 aromatic heterocycles. The lowest BCUT2D eigenvalue weighted by Crippen LogP contribution is -2.34. The molecular formula is C17H15F3N6. The fraction of sp³-hybridized carbons (Fsp3) is 0.294. The normalized spacial score (nSPS) is 15.5. The zero-order valence-electron chi connectivity index (χ0n) is 13.8. The summed E-state index contributed by atoms with van der Waals surface area (Å²) in [6, 6.07) is 2.00. The maximum Gasteiger partial charge on any atom is 0.408 e. The third-order valence-corrected chi connectivity index (χ3v) is 4.26. The van der Waals surface area contributed by atoms with Crippen molar-refractivity contribution in [2.75, 3.05) is 5.32 Å². The Kier molecular flexibility index (Phi) is 3.86. The van der Waals surface area contributed by atoms with E-state index in [4.69, 9.17) is 0 Å². The summed E-state index contributed by atoms with van der Waals surface area (Å²) in [5.41, 5.74) is 3.85. The van der Waals surface area contributed by atoms with Crippen molar-refractivity contribution in [2.24, 2.45) is 0 Å². The van der Waals surface area contributed by atoms with Gasteiger partial charge in [0, 0.05) is 29.7 Å². The maximum atomic E-state index is 12.7. The lowest BCUT2D eigenvalue weighted by atomic mass is 9.94. The molecule has 0 saturated carbocycles. The molecule has 134 valence electrons. The SMILES string of the molecule is C[C@@H](Nc1ncc2c(n1)CCC=C2c1ccc2nccn2n1)C(F)(F)F. The Labute approximate surface area is 146 Å². The number of aromatic nitrogens is 5. The number of rotatable bonds is 3. The smallest absolute Gasteiger partial charge is 0.343 e. The molecule has 3 aromatic rings. The van der Waals surface area contributed by atoms with E-state index in [9.17, 15) is 13.2 Å². The van der Waals surface area contributed by atoms with E-state index in [1.165, 1.54) is 0 Å². The molecule has 26 heavy (non-hydrogen) atoms. The summed E-state index contributed by atoms with van der Waals surface area (Å²) in [5.74, 6) is -0.0205. The van der Waals surface area contributed by atoms with E-state index in [0.29, 0.717) is 12.1 Å². The van der Waals surface area contributed by atoms with Crippen molar-refractivity contribution in [1.82, 2.24) is 24.6 Å². The minimum Gasteiger partial charge on any atom is -0.343 e. The third-order valence-electron chi connectivity index (χ3n) is 4.26. The minimum atomic E-state index is -4.35. The molecule has 0 fully saturated rings. The molecule has 1 N–H and O–H groups in total. The highest BCUT2D eigenvalue weighted by atomic mass is 19.4. The van der Waals surface area contributed by atoms with Gasteiger partial charge in [0.1, 0.15) is 6.04 Å². The molecule has 1 atom stereocenters. The number of aryl methyl sites for hydroxylation is 1. The van der Waals surface area contributed by atoms with E-state index < -0.39 is 12.2 Å². The van der Waals surface area contributed by atoms with E-state index in [-0.39, 0.29) is 5.95 Å². The minimum absolute atomic E-state index is 0.0205. The van der Waals surface area contributed by atoms with E-state index in [1.54, 1.807) is 23.1 Å². The number of hydrogen-bond acceptors (Lipinski definition) is 5. The van der Waals surface area contributed by atoms with Crippen LogP contribution in [0.25, 0.3) is 11.2 Å². The van der Waals surface area contributed by atoms with Gasteiger partial charge in [0.2, 0.25) is 5.95 Å². The van der Waals surface area contributed by atoms with Gasteiger partial charge in [-0.25, -0.2) is 19.5 Å². The van der Waals surface area contributed by atoms with Crippen LogP contribution in [0.4, 0.5) is 19.1 Å². The standard InChI is InChI=1S/C17H15F3N6/c1-10(17(18,19)20)23-16-22-9-12-11(3-2-4-13(12)24-16)14-5-6-15-21-7-8-26(15)25-14/h3,5-10H,2,4H2,1H3,(H,22,23,24)/t10-/m1/s1. The summed E-state index contributed by atoms with van der Waals surface area (Å²) in [5, 5.41) is 6.84. The predicted octanol–water partition coefficient (Wildman–Crippen LogP) is 3.26. The fourth-order valence-electron chi connectivity index (χ4n) is 2.84. The first-order valence-corrected chi connectivity index (χ1v) is 8.12. The van der Waals surface area contributed by atoms with Gasteiger partial charge in [0.05, 0.1) is 11.4 Å². The van der Waals surface area contributed by atoms with Gasteiger partial charge in [-0.15, -0.1) is 0 Å². The summed E-state index contributed by atoms with van der Waals surface area (Å²) >= 11 is 0. The van der Waals surface area contributed by atoms with Gasteiger partial charge >= 0.3 is 6.18 Å². The molecule has 1 aliphatic carbocycles. The second kappa shape index (κ2) is 6.08. The number of alkyl halides is 3. The monoisotopic (exact) mass is 360 g/mol. The number of fused-ring (bicyclic) bond motifs is 2. The number of nitrogens with zero attached hydrogens (tertiary/aromatic N) is 5. The Balaban J connectivity index is 1.66. The molecule has 0 saturated heterocycles. The van der Waals surface area contributed by atoms with Gasteiger partial charge in [-0.2, -0.15) is 18.3 Å². The van der Waals surface area contributed by atoms with Gasteiger partial charge in [-0.3, -0.25) is 0 Å². The average molecular weight is 360 g/mol. The maximum absolute atomic E-state index is 12.7. The second-order valence-corrected chi connectivity index (χ2v) is 6.07. The van der Waals surface area contributed by atoms with Crippen molar-refractivity contribution in [3.05, 3.63) is 53.8 Å². The topological polar surface area (TPSA) is 68.0 Å². The Morgan fingerprint density at radius 1 is 1.23 bits per heavy atom. The number of imidazole rings is 1. The average Bonchev–Trinajstić information content (AvgIpc) is 3.08. The Bertz CT molecular complexity index is 992. The Morgan fingerprint density at radius 3 is 2.88 bits per heavy atom. The van der Waals surface area contributed by atoms with E-state index in [1.807, 2.05) is 18.2 Å². The molecule has 0 unspecified atom stereocenters. The number of nitrogens with one attached hydrogen (secondary N) is 1. The van der Waals surface area contributed by atoms with Gasteiger partial charge < -0.3 is 5.32 Å². The molecule has 1 aliphatic rings. The lowest BCUT2D eigenvalue weighted by molar-refractivity contribution is -0.138. The van der Waals surface area contributed by atoms with Crippen LogP contribution in [0.15, 0.2) is 36.8 Å². The summed E-state index contributed by atoms with van der Waals surface area (Å²) in [7, 11) is 0. The van der Waals surface area contributed by atoms with Crippen molar-refractivity contribution >= 4 is 17.2 Å². The van der Waals surface area contributed by atoms with Crippen LogP contribution in [0.3, 0.4) is 0 Å². The van der Waals surface area contributed by atoms with Crippen LogP contribution in [-0.2, 0) is 6.42 Å². The van der Waals surface area contributed by atoms with Crippen molar-refractivity contribution in [1.29, 1.82) is 0 Å². The van der Waals surface area contributed by atoms with Crippen molar-refractivity contribution in [3.63, 3.8) is 0 Å². The molecule has 0 amide bonds. The van der Waals surface area contributed by atoms with Crippen LogP contribution in [0.2, 0.25) is 0 Å². The number of allylic oxidation sites excluding steroid dienone is 1. The third kappa shape index (κ3) is 3.00. The molecular weight excluding hydrogens is 345 g/mol. The molecule has 0 radical (unpaired) electrons. The first-order chi connectivity index (χ1) is 12.4.